The number of alkyl halides is 3. The van der Waals surface area contributed by atoms with Crippen LogP contribution in [0, 0.1) is 40.3 Å². The molecule has 0 unspecified atom stereocenters. The van der Waals surface area contributed by atoms with E-state index in [0.29, 0.717) is 19.3 Å². The molecule has 0 aliphatic heterocycles. The second kappa shape index (κ2) is 6.81. The number of halogens is 4. The summed E-state index contributed by atoms with van der Waals surface area (Å²) in [5.74, 6) is -3.33. The van der Waals surface area contributed by atoms with Gasteiger partial charge in [0.05, 0.1) is 35.5 Å². The lowest BCUT2D eigenvalue weighted by molar-refractivity contribution is -0.188. The van der Waals surface area contributed by atoms with Crippen LogP contribution in [0.4, 0.5) is 17.6 Å². The molecule has 1 saturated carbocycles. The summed E-state index contributed by atoms with van der Waals surface area (Å²) in [5.41, 5.74) is 4.41. The zero-order valence-corrected chi connectivity index (χ0v) is 17.0. The van der Waals surface area contributed by atoms with Crippen molar-refractivity contribution >= 4 is 6.08 Å². The van der Waals surface area contributed by atoms with Crippen molar-refractivity contribution in [1.29, 1.82) is 5.26 Å². The molecule has 0 bridgehead atoms. The van der Waals surface area contributed by atoms with Crippen molar-refractivity contribution in [1.82, 2.24) is 9.78 Å². The molecule has 3 aliphatic rings. The molecule has 0 amide bonds. The van der Waals surface area contributed by atoms with E-state index in [4.69, 9.17) is 0 Å². The molecule has 0 spiro atoms. The third-order valence-electron chi connectivity index (χ3n) is 7.31. The van der Waals surface area contributed by atoms with Gasteiger partial charge in [0.1, 0.15) is 5.82 Å². The van der Waals surface area contributed by atoms with Crippen LogP contribution in [0.25, 0.3) is 11.8 Å². The molecule has 1 heterocycles. The third kappa shape index (κ3) is 3.03. The van der Waals surface area contributed by atoms with E-state index < -0.39 is 23.4 Å². The van der Waals surface area contributed by atoms with Crippen molar-refractivity contribution in [3.05, 3.63) is 64.8 Å². The molecule has 7 heteroatoms. The summed E-state index contributed by atoms with van der Waals surface area (Å²) in [7, 11) is 0. The number of hydrogen-bond donors (Lipinski definition) is 0. The first-order valence-corrected chi connectivity index (χ1v) is 10.4. The number of rotatable bonds is 1. The van der Waals surface area contributed by atoms with Crippen LogP contribution < -0.4 is 0 Å². The quantitative estimate of drug-likeness (QED) is 0.413. The lowest BCUT2D eigenvalue weighted by Crippen LogP contribution is -2.44. The fourth-order valence-electron chi connectivity index (χ4n) is 5.75. The summed E-state index contributed by atoms with van der Waals surface area (Å²) in [4.78, 5) is 0. The first-order chi connectivity index (χ1) is 14.7. The van der Waals surface area contributed by atoms with E-state index in [0.717, 1.165) is 28.1 Å². The average Bonchev–Trinajstić information content (AvgIpc) is 3.13. The van der Waals surface area contributed by atoms with Gasteiger partial charge in [-0.2, -0.15) is 23.5 Å². The topological polar surface area (TPSA) is 41.6 Å². The Morgan fingerprint density at radius 3 is 2.65 bits per heavy atom. The van der Waals surface area contributed by atoms with E-state index in [1.165, 1.54) is 12.1 Å². The van der Waals surface area contributed by atoms with Crippen molar-refractivity contribution in [3.63, 3.8) is 0 Å². The number of allylic oxidation sites excluding steroid dienone is 3. The Hall–Kier alpha value is -2.88. The van der Waals surface area contributed by atoms with Crippen molar-refractivity contribution in [2.45, 2.75) is 38.8 Å². The molecule has 0 radical (unpaired) electrons. The number of fused-ring (bicyclic) bond motifs is 4. The third-order valence-corrected chi connectivity index (χ3v) is 7.31. The standard InChI is InChI=1S/C24H21F4N3/c1-23-11-14-13-30-31(17-5-3-16(25)4-6-17)22(14)10-15(23)2-7-18-19(12-29)21(24(26,27)28)9-8-20(18)23/h3-6,8,10,13,18-19,21H,2,7,9,11H2,1H3/t18-,19-,21-,23+/m1/s1. The monoisotopic (exact) mass is 427 g/mol. The molecule has 31 heavy (non-hydrogen) atoms. The van der Waals surface area contributed by atoms with Crippen molar-refractivity contribution in [2.24, 2.45) is 23.2 Å². The van der Waals surface area contributed by atoms with Gasteiger partial charge in [0.15, 0.2) is 0 Å². The molecule has 1 fully saturated rings. The molecule has 3 nitrogen and oxygen atoms in total. The molecule has 160 valence electrons. The Morgan fingerprint density at radius 2 is 1.97 bits per heavy atom. The summed E-state index contributed by atoms with van der Waals surface area (Å²) >= 11 is 0. The van der Waals surface area contributed by atoms with Crippen LogP contribution in [0.5, 0.6) is 0 Å². The Morgan fingerprint density at radius 1 is 1.23 bits per heavy atom. The van der Waals surface area contributed by atoms with Crippen LogP contribution in [0.3, 0.4) is 0 Å². The molecule has 1 aromatic carbocycles. The highest BCUT2D eigenvalue weighted by atomic mass is 19.4. The van der Waals surface area contributed by atoms with Crippen LogP contribution in [-0.2, 0) is 6.42 Å². The maximum Gasteiger partial charge on any atom is 0.393 e. The Bertz CT molecular complexity index is 1130. The lowest BCUT2D eigenvalue weighted by Gasteiger charge is -2.49. The predicted octanol–water partition coefficient (Wildman–Crippen LogP) is 6.02. The second-order valence-corrected chi connectivity index (χ2v) is 8.97. The van der Waals surface area contributed by atoms with Gasteiger partial charge in [-0.1, -0.05) is 24.1 Å². The fourth-order valence-corrected chi connectivity index (χ4v) is 5.75. The maximum absolute atomic E-state index is 13.5. The Labute approximate surface area is 177 Å². The van der Waals surface area contributed by atoms with Crippen molar-refractivity contribution < 1.29 is 17.6 Å². The van der Waals surface area contributed by atoms with Gasteiger partial charge in [-0.25, -0.2) is 9.07 Å². The van der Waals surface area contributed by atoms with Gasteiger partial charge in [0.25, 0.3) is 0 Å². The van der Waals surface area contributed by atoms with Crippen molar-refractivity contribution in [3.8, 4) is 11.8 Å². The largest absolute Gasteiger partial charge is 0.393 e. The van der Waals surface area contributed by atoms with Crippen LogP contribution >= 0.6 is 0 Å². The minimum Gasteiger partial charge on any atom is -0.233 e. The molecule has 0 saturated heterocycles. The SMILES string of the molecule is C[C@]12Cc3cnn(-c4ccc(F)cc4)c3C=C1CC[C@H]1C2=CC[C@@H](C(F)(F)F)[C@@H]1C#N. The zero-order chi connectivity index (χ0) is 22.0. The van der Waals surface area contributed by atoms with E-state index in [9.17, 15) is 22.8 Å². The Balaban J connectivity index is 1.55. The predicted molar refractivity (Wildman–Crippen MR) is 107 cm³/mol. The molecule has 1 aromatic heterocycles. The van der Waals surface area contributed by atoms with Crippen LogP contribution in [-0.4, -0.2) is 16.0 Å². The molecule has 2 aromatic rings. The normalized spacial score (nSPS) is 29.7. The first-order valence-electron chi connectivity index (χ1n) is 10.4. The van der Waals surface area contributed by atoms with Crippen LogP contribution in [0.2, 0.25) is 0 Å². The van der Waals surface area contributed by atoms with Gasteiger partial charge in [-0.15, -0.1) is 0 Å². The fraction of sp³-hybridized carbons (Fsp3) is 0.417. The molecular weight excluding hydrogens is 406 g/mol. The van der Waals surface area contributed by atoms with Crippen molar-refractivity contribution in [2.75, 3.05) is 0 Å². The summed E-state index contributed by atoms with van der Waals surface area (Å²) < 4.78 is 55.7. The maximum atomic E-state index is 13.5. The highest BCUT2D eigenvalue weighted by Gasteiger charge is 2.54. The van der Waals surface area contributed by atoms with E-state index in [-0.39, 0.29) is 18.2 Å². The Kier molecular flexibility index (Phi) is 4.40. The average molecular weight is 427 g/mol. The molecular formula is C24H21F4N3. The highest BCUT2D eigenvalue weighted by molar-refractivity contribution is 5.63. The van der Waals surface area contributed by atoms with Crippen LogP contribution in [0.1, 0.15) is 37.4 Å². The summed E-state index contributed by atoms with van der Waals surface area (Å²) in [6.45, 7) is 2.08. The number of hydrogen-bond acceptors (Lipinski definition) is 2. The van der Waals surface area contributed by atoms with Gasteiger partial charge < -0.3 is 0 Å². The lowest BCUT2D eigenvalue weighted by atomic mass is 9.54. The molecule has 5 rings (SSSR count). The summed E-state index contributed by atoms with van der Waals surface area (Å²) in [5, 5.41) is 14.1. The number of benzene rings is 1. The zero-order valence-electron chi connectivity index (χ0n) is 17.0. The number of nitriles is 1. The van der Waals surface area contributed by atoms with Gasteiger partial charge in [0, 0.05) is 5.41 Å². The van der Waals surface area contributed by atoms with E-state index in [2.05, 4.69) is 18.1 Å². The number of aromatic nitrogens is 2. The summed E-state index contributed by atoms with van der Waals surface area (Å²) in [6.07, 6.45) is 2.93. The molecule has 0 N–H and O–H groups in total. The van der Waals surface area contributed by atoms with E-state index in [1.54, 1.807) is 29.1 Å². The van der Waals surface area contributed by atoms with Gasteiger partial charge in [-0.05, 0) is 67.5 Å². The van der Waals surface area contributed by atoms with Crippen LogP contribution in [0.15, 0.2) is 47.7 Å². The van der Waals surface area contributed by atoms with Gasteiger partial charge >= 0.3 is 6.18 Å². The first kappa shape index (κ1) is 20.0. The molecule has 3 aliphatic carbocycles. The second-order valence-electron chi connectivity index (χ2n) is 8.97. The minimum atomic E-state index is -4.37. The van der Waals surface area contributed by atoms with Gasteiger partial charge in [-0.3, -0.25) is 0 Å². The van der Waals surface area contributed by atoms with E-state index >= 15 is 0 Å². The highest BCUT2D eigenvalue weighted by Crippen LogP contribution is 2.58. The minimum absolute atomic E-state index is 0.141. The van der Waals surface area contributed by atoms with Gasteiger partial charge in [0.2, 0.25) is 0 Å². The smallest absolute Gasteiger partial charge is 0.233 e. The summed E-state index contributed by atoms with van der Waals surface area (Å²) in [6, 6.07) is 8.12. The number of nitrogens with zero attached hydrogens (tertiary/aromatic N) is 3. The van der Waals surface area contributed by atoms with E-state index in [1.807, 2.05) is 6.07 Å². The molecule has 4 atom stereocenters.